The van der Waals surface area contributed by atoms with E-state index in [1.807, 2.05) is 49.4 Å². The summed E-state index contributed by atoms with van der Waals surface area (Å²) >= 11 is 3.66. The van der Waals surface area contributed by atoms with Gasteiger partial charge in [-0.2, -0.15) is 0 Å². The second kappa shape index (κ2) is 10.4. The second-order valence-electron chi connectivity index (χ2n) is 10.2. The number of fused-ring (bicyclic) bond motifs is 2. The Morgan fingerprint density at radius 3 is 2.68 bits per heavy atom. The number of amides is 2. The van der Waals surface area contributed by atoms with Crippen LogP contribution in [0.3, 0.4) is 0 Å². The molecule has 5 rings (SSSR count). The lowest BCUT2D eigenvalue weighted by atomic mass is 9.70. The molecule has 0 aliphatic carbocycles. The van der Waals surface area contributed by atoms with Gasteiger partial charge in [-0.3, -0.25) is 14.4 Å². The molecule has 202 valence electrons. The van der Waals surface area contributed by atoms with Crippen molar-refractivity contribution in [3.05, 3.63) is 55.1 Å². The summed E-state index contributed by atoms with van der Waals surface area (Å²) in [4.78, 5) is 44.6. The monoisotopic (exact) mass is 584 g/mol. The number of halogens is 1. The van der Waals surface area contributed by atoms with Crippen molar-refractivity contribution < 1.29 is 29.0 Å². The number of esters is 1. The van der Waals surface area contributed by atoms with Crippen molar-refractivity contribution in [1.29, 1.82) is 0 Å². The molecule has 2 aromatic rings. The predicted octanol–water partition coefficient (Wildman–Crippen LogP) is 3.44. The van der Waals surface area contributed by atoms with Crippen LogP contribution in [0.2, 0.25) is 0 Å². The van der Waals surface area contributed by atoms with Gasteiger partial charge in [0.15, 0.2) is 0 Å². The third kappa shape index (κ3) is 3.98. The van der Waals surface area contributed by atoms with Crippen LogP contribution in [0.5, 0.6) is 0 Å². The van der Waals surface area contributed by atoms with Crippen LogP contribution in [0.4, 0.5) is 5.69 Å². The molecule has 3 heterocycles. The third-order valence-corrected chi connectivity index (χ3v) is 9.06. The van der Waals surface area contributed by atoms with E-state index >= 15 is 0 Å². The van der Waals surface area contributed by atoms with Crippen LogP contribution in [-0.2, 0) is 23.9 Å². The Morgan fingerprint density at radius 1 is 1.29 bits per heavy atom. The molecule has 1 spiro atoms. The molecule has 0 saturated carbocycles. The minimum atomic E-state index is -1.22. The van der Waals surface area contributed by atoms with Crippen LogP contribution < -0.4 is 4.90 Å². The molecule has 2 amide bonds. The van der Waals surface area contributed by atoms with Crippen LogP contribution in [-0.4, -0.2) is 76.2 Å². The van der Waals surface area contributed by atoms with Gasteiger partial charge in [0.1, 0.15) is 11.6 Å². The highest BCUT2D eigenvalue weighted by Crippen LogP contribution is 2.60. The fraction of sp³-hybridized carbons (Fsp3) is 0.483. The number of aliphatic hydroxyl groups excluding tert-OH is 1. The largest absolute Gasteiger partial charge is 0.466 e. The number of hydrogen-bond donors (Lipinski definition) is 1. The number of benzene rings is 2. The van der Waals surface area contributed by atoms with E-state index in [0.717, 1.165) is 10.8 Å². The van der Waals surface area contributed by atoms with E-state index < -0.39 is 41.6 Å². The van der Waals surface area contributed by atoms with Crippen LogP contribution in [0.1, 0.15) is 26.7 Å². The molecule has 3 fully saturated rings. The number of rotatable bonds is 9. The molecule has 2 aromatic carbocycles. The number of likely N-dealkylation sites (tertiary alicyclic amines) is 1. The molecule has 9 heteroatoms. The molecule has 1 unspecified atom stereocenters. The number of hydrogen-bond acceptors (Lipinski definition) is 6. The van der Waals surface area contributed by atoms with Crippen molar-refractivity contribution in [1.82, 2.24) is 4.90 Å². The summed E-state index contributed by atoms with van der Waals surface area (Å²) in [5.41, 5.74) is -0.550. The SMILES string of the molecule is C=CCN(C(=O)[C@H]1N([C@@H](CC)CO)C(=O)[C@@H]2[C@@H](C(=O)OCC)[C@@H]3O[C@@]21CC3Br)c1ccc2ccccc2c1. The molecule has 38 heavy (non-hydrogen) atoms. The van der Waals surface area contributed by atoms with Crippen LogP contribution >= 0.6 is 15.9 Å². The maximum absolute atomic E-state index is 14.6. The van der Waals surface area contributed by atoms with Crippen molar-refractivity contribution in [2.75, 3.05) is 24.7 Å². The fourth-order valence-corrected chi connectivity index (χ4v) is 7.55. The van der Waals surface area contributed by atoms with E-state index in [-0.39, 0.29) is 36.4 Å². The van der Waals surface area contributed by atoms with E-state index in [4.69, 9.17) is 9.47 Å². The quantitative estimate of drug-likeness (QED) is 0.275. The van der Waals surface area contributed by atoms with E-state index in [1.165, 1.54) is 4.90 Å². The summed E-state index contributed by atoms with van der Waals surface area (Å²) in [7, 11) is 0. The van der Waals surface area contributed by atoms with Crippen molar-refractivity contribution in [3.8, 4) is 0 Å². The lowest BCUT2D eigenvalue weighted by Gasteiger charge is -2.39. The number of aliphatic hydroxyl groups is 1. The first-order valence-electron chi connectivity index (χ1n) is 13.2. The Bertz CT molecular complexity index is 1260. The first-order valence-corrected chi connectivity index (χ1v) is 14.1. The van der Waals surface area contributed by atoms with Crippen LogP contribution in [0.15, 0.2) is 55.1 Å². The lowest BCUT2D eigenvalue weighted by molar-refractivity contribution is -0.155. The Kier molecular flexibility index (Phi) is 7.37. The summed E-state index contributed by atoms with van der Waals surface area (Å²) < 4.78 is 11.9. The molecule has 3 aliphatic rings. The number of nitrogens with zero attached hydrogens (tertiary/aromatic N) is 2. The maximum Gasteiger partial charge on any atom is 0.312 e. The molecule has 7 atom stereocenters. The van der Waals surface area contributed by atoms with Gasteiger partial charge in [0, 0.05) is 17.1 Å². The normalized spacial score (nSPS) is 30.4. The molecule has 3 saturated heterocycles. The van der Waals surface area contributed by atoms with Crippen molar-refractivity contribution in [2.24, 2.45) is 11.8 Å². The van der Waals surface area contributed by atoms with Crippen molar-refractivity contribution >= 4 is 50.2 Å². The van der Waals surface area contributed by atoms with Gasteiger partial charge in [0.2, 0.25) is 5.91 Å². The summed E-state index contributed by atoms with van der Waals surface area (Å²) in [6.45, 7) is 7.53. The molecule has 0 radical (unpaired) electrons. The number of carbonyl (C=O) groups is 3. The summed E-state index contributed by atoms with van der Waals surface area (Å²) in [6.07, 6.45) is 1.90. The molecule has 2 bridgehead atoms. The van der Waals surface area contributed by atoms with Gasteiger partial charge in [-0.1, -0.05) is 59.3 Å². The van der Waals surface area contributed by atoms with Gasteiger partial charge in [0.05, 0.1) is 37.2 Å². The van der Waals surface area contributed by atoms with E-state index in [0.29, 0.717) is 18.5 Å². The van der Waals surface area contributed by atoms with Gasteiger partial charge in [-0.15, -0.1) is 6.58 Å². The highest BCUT2D eigenvalue weighted by molar-refractivity contribution is 9.09. The minimum absolute atomic E-state index is 0.179. The summed E-state index contributed by atoms with van der Waals surface area (Å²) in [6, 6.07) is 12.0. The first kappa shape index (κ1) is 26.8. The summed E-state index contributed by atoms with van der Waals surface area (Å²) in [5.74, 6) is -2.86. The van der Waals surface area contributed by atoms with Gasteiger partial charge < -0.3 is 24.4 Å². The fourth-order valence-electron chi connectivity index (χ4n) is 6.61. The topological polar surface area (TPSA) is 96.4 Å². The number of ether oxygens (including phenoxy) is 2. The Hall–Kier alpha value is -2.75. The number of alkyl halides is 1. The van der Waals surface area contributed by atoms with E-state index in [9.17, 15) is 19.5 Å². The van der Waals surface area contributed by atoms with Gasteiger partial charge in [-0.25, -0.2) is 0 Å². The number of anilines is 1. The molecule has 8 nitrogen and oxygen atoms in total. The van der Waals surface area contributed by atoms with Crippen LogP contribution in [0.25, 0.3) is 10.8 Å². The molecular weight excluding hydrogens is 552 g/mol. The van der Waals surface area contributed by atoms with E-state index in [2.05, 4.69) is 22.5 Å². The zero-order valence-corrected chi connectivity index (χ0v) is 23.2. The molecule has 1 N–H and O–H groups in total. The summed E-state index contributed by atoms with van der Waals surface area (Å²) in [5, 5.41) is 12.3. The maximum atomic E-state index is 14.6. The van der Waals surface area contributed by atoms with Crippen molar-refractivity contribution in [3.63, 3.8) is 0 Å². The van der Waals surface area contributed by atoms with Gasteiger partial charge in [0.25, 0.3) is 5.91 Å². The zero-order chi connectivity index (χ0) is 27.2. The predicted molar refractivity (Wildman–Crippen MR) is 147 cm³/mol. The minimum Gasteiger partial charge on any atom is -0.466 e. The second-order valence-corrected chi connectivity index (χ2v) is 11.4. The molecule has 3 aliphatic heterocycles. The van der Waals surface area contributed by atoms with Gasteiger partial charge >= 0.3 is 5.97 Å². The average Bonchev–Trinajstić information content (AvgIpc) is 3.51. The van der Waals surface area contributed by atoms with Crippen molar-refractivity contribution in [2.45, 2.75) is 55.3 Å². The lowest BCUT2D eigenvalue weighted by Crippen LogP contribution is -2.59. The molecule has 0 aromatic heterocycles. The average molecular weight is 585 g/mol. The Morgan fingerprint density at radius 2 is 2.03 bits per heavy atom. The highest BCUT2D eigenvalue weighted by atomic mass is 79.9. The van der Waals surface area contributed by atoms with E-state index in [1.54, 1.807) is 17.9 Å². The standard InChI is InChI=1S/C29H33BrN2O6/c1-4-13-31(20-12-11-17-9-7-8-10-18(17)14-20)27(35)25-29-15-21(30)24(38-29)22(28(36)37-6-3)23(29)26(34)32(25)19(5-2)16-33/h4,7-12,14,19,21-25,33H,1,5-6,13,15-16H2,2-3H3/t19-,21?,22+,23-,24+,25+,29-/m0/s1. The smallest absolute Gasteiger partial charge is 0.312 e. The van der Waals surface area contributed by atoms with Gasteiger partial charge in [-0.05, 0) is 42.7 Å². The van der Waals surface area contributed by atoms with Crippen LogP contribution in [0, 0.1) is 11.8 Å². The third-order valence-electron chi connectivity index (χ3n) is 8.22. The number of carbonyl (C=O) groups excluding carboxylic acids is 3. The molecular formula is C29H33BrN2O6. The Balaban J connectivity index is 1.62. The first-order chi connectivity index (χ1) is 18.3. The zero-order valence-electron chi connectivity index (χ0n) is 21.6. The Labute approximate surface area is 230 Å². The highest BCUT2D eigenvalue weighted by Gasteiger charge is 2.77.